The zero-order chi connectivity index (χ0) is 15.1. The van der Waals surface area contributed by atoms with Gasteiger partial charge in [0.2, 0.25) is 0 Å². The van der Waals surface area contributed by atoms with Crippen molar-refractivity contribution in [1.29, 1.82) is 0 Å². The Morgan fingerprint density at radius 3 is 2.25 bits per heavy atom. The fraction of sp³-hybridized carbons (Fsp3) is 0.385. The largest absolute Gasteiger partial charge is 0.448 e. The van der Waals surface area contributed by atoms with Gasteiger partial charge >= 0.3 is 5.97 Å². The summed E-state index contributed by atoms with van der Waals surface area (Å²) in [4.78, 5) is 22.5. The first-order valence-corrected chi connectivity index (χ1v) is 5.87. The molecule has 0 aromatic heterocycles. The lowest BCUT2D eigenvalue weighted by atomic mass is 10.0. The van der Waals surface area contributed by atoms with Gasteiger partial charge in [-0.3, -0.25) is 4.79 Å². The second kappa shape index (κ2) is 7.71. The summed E-state index contributed by atoms with van der Waals surface area (Å²) in [6.07, 6.45) is -6.83. The Hall–Kier alpha value is -1.80. The minimum Gasteiger partial charge on any atom is -0.448 e. The number of benzene rings is 1. The van der Waals surface area contributed by atoms with E-state index in [0.29, 0.717) is 0 Å². The average molecular weight is 284 g/mol. The minimum atomic E-state index is -1.85. The van der Waals surface area contributed by atoms with Gasteiger partial charge in [0.1, 0.15) is 18.3 Å². The minimum absolute atomic E-state index is 0.138. The molecule has 110 valence electrons. The fourth-order valence-electron chi connectivity index (χ4n) is 1.47. The number of hydrogen-bond acceptors (Lipinski definition) is 7. The molecule has 0 saturated heterocycles. The number of carbonyl (C=O) groups is 2. The topological polar surface area (TPSA) is 124 Å². The number of esters is 1. The van der Waals surface area contributed by atoms with Gasteiger partial charge in [-0.25, -0.2) is 4.79 Å². The Labute approximate surface area is 115 Å². The molecule has 0 spiro atoms. The monoisotopic (exact) mass is 284 g/mol. The van der Waals surface area contributed by atoms with Crippen LogP contribution >= 0.6 is 0 Å². The second-order valence-corrected chi connectivity index (χ2v) is 4.10. The first kappa shape index (κ1) is 16.3. The van der Waals surface area contributed by atoms with Gasteiger partial charge in [-0.1, -0.05) is 18.2 Å². The standard InChI is InChI=1S/C13H16O7/c14-6-9(16)11(17)12(18)10(7-15)20-13(19)8-4-2-1-3-5-8/h1-5,7,9-12,14,16-18H,6H2/t9-,10+,11-,12-/m1/s1. The van der Waals surface area contributed by atoms with Crippen molar-refractivity contribution >= 4 is 12.3 Å². The zero-order valence-electron chi connectivity index (χ0n) is 10.5. The van der Waals surface area contributed by atoms with E-state index in [0.717, 1.165) is 0 Å². The van der Waals surface area contributed by atoms with Crippen LogP contribution in [0.3, 0.4) is 0 Å². The van der Waals surface area contributed by atoms with Crippen LogP contribution in [0.5, 0.6) is 0 Å². The Morgan fingerprint density at radius 1 is 1.15 bits per heavy atom. The van der Waals surface area contributed by atoms with Crippen LogP contribution in [0, 0.1) is 0 Å². The number of carbonyl (C=O) groups excluding carboxylic acids is 2. The summed E-state index contributed by atoms with van der Waals surface area (Å²) >= 11 is 0. The quantitative estimate of drug-likeness (QED) is 0.354. The Morgan fingerprint density at radius 2 is 1.75 bits per heavy atom. The van der Waals surface area contributed by atoms with E-state index in [1.165, 1.54) is 12.1 Å². The van der Waals surface area contributed by atoms with Gasteiger partial charge < -0.3 is 25.2 Å². The third-order valence-electron chi connectivity index (χ3n) is 2.65. The molecule has 0 amide bonds. The molecule has 1 aromatic rings. The van der Waals surface area contributed by atoms with Crippen molar-refractivity contribution in [2.75, 3.05) is 6.61 Å². The van der Waals surface area contributed by atoms with E-state index < -0.39 is 37.0 Å². The Balaban J connectivity index is 2.72. The normalized spacial score (nSPS) is 16.8. The average Bonchev–Trinajstić information content (AvgIpc) is 2.50. The molecule has 0 aliphatic rings. The molecule has 0 unspecified atom stereocenters. The third kappa shape index (κ3) is 4.10. The first-order chi connectivity index (χ1) is 9.51. The van der Waals surface area contributed by atoms with Crippen LogP contribution in [-0.2, 0) is 9.53 Å². The highest BCUT2D eigenvalue weighted by Crippen LogP contribution is 2.10. The first-order valence-electron chi connectivity index (χ1n) is 5.87. The lowest BCUT2D eigenvalue weighted by molar-refractivity contribution is -0.138. The summed E-state index contributed by atoms with van der Waals surface area (Å²) in [6, 6.07) is 7.77. The predicted molar refractivity (Wildman–Crippen MR) is 66.8 cm³/mol. The van der Waals surface area contributed by atoms with Crippen molar-refractivity contribution < 1.29 is 34.8 Å². The SMILES string of the molecule is O=C[C@H](OC(=O)c1ccccc1)[C@@H](O)[C@H](O)[C@H](O)CO. The van der Waals surface area contributed by atoms with Gasteiger partial charge in [-0.2, -0.15) is 0 Å². The summed E-state index contributed by atoms with van der Waals surface area (Å²) < 4.78 is 4.75. The highest BCUT2D eigenvalue weighted by molar-refractivity contribution is 5.90. The number of aliphatic hydroxyl groups excluding tert-OH is 4. The molecule has 0 fully saturated rings. The van der Waals surface area contributed by atoms with Gasteiger partial charge in [-0.05, 0) is 12.1 Å². The van der Waals surface area contributed by atoms with E-state index >= 15 is 0 Å². The molecule has 4 N–H and O–H groups in total. The number of aliphatic hydroxyl groups is 4. The van der Waals surface area contributed by atoms with Crippen LogP contribution in [-0.4, -0.2) is 63.7 Å². The summed E-state index contributed by atoms with van der Waals surface area (Å²) in [5.74, 6) is -0.854. The van der Waals surface area contributed by atoms with Gasteiger partial charge in [0.15, 0.2) is 12.4 Å². The van der Waals surface area contributed by atoms with E-state index in [9.17, 15) is 24.9 Å². The van der Waals surface area contributed by atoms with E-state index in [1.807, 2.05) is 0 Å². The molecule has 0 heterocycles. The molecular formula is C13H16O7. The summed E-state index contributed by atoms with van der Waals surface area (Å²) in [5, 5.41) is 36.9. The predicted octanol–water partition coefficient (Wildman–Crippen LogP) is -1.51. The van der Waals surface area contributed by atoms with Gasteiger partial charge in [0, 0.05) is 0 Å². The maximum Gasteiger partial charge on any atom is 0.338 e. The molecule has 0 radical (unpaired) electrons. The number of ether oxygens (including phenoxy) is 1. The van der Waals surface area contributed by atoms with Crippen molar-refractivity contribution in [2.45, 2.75) is 24.4 Å². The second-order valence-electron chi connectivity index (χ2n) is 4.10. The number of rotatable bonds is 7. The van der Waals surface area contributed by atoms with Crippen LogP contribution in [0.1, 0.15) is 10.4 Å². The van der Waals surface area contributed by atoms with Crippen LogP contribution in [0.4, 0.5) is 0 Å². The molecule has 20 heavy (non-hydrogen) atoms. The summed E-state index contributed by atoms with van der Waals surface area (Å²) in [7, 11) is 0. The molecule has 4 atom stereocenters. The van der Waals surface area contributed by atoms with Gasteiger partial charge in [-0.15, -0.1) is 0 Å². The zero-order valence-corrected chi connectivity index (χ0v) is 10.5. The fourth-order valence-corrected chi connectivity index (χ4v) is 1.47. The molecule has 7 nitrogen and oxygen atoms in total. The maximum atomic E-state index is 11.7. The van der Waals surface area contributed by atoms with Crippen molar-refractivity contribution in [1.82, 2.24) is 0 Å². The summed E-state index contributed by atoms with van der Waals surface area (Å²) in [5.41, 5.74) is 0.170. The van der Waals surface area contributed by atoms with Crippen molar-refractivity contribution in [3.8, 4) is 0 Å². The van der Waals surface area contributed by atoms with Crippen LogP contribution in [0.2, 0.25) is 0 Å². The van der Waals surface area contributed by atoms with Gasteiger partial charge in [0.05, 0.1) is 12.2 Å². The number of aldehydes is 1. The summed E-state index contributed by atoms with van der Waals surface area (Å²) in [6.45, 7) is -0.809. The smallest absolute Gasteiger partial charge is 0.338 e. The lowest BCUT2D eigenvalue weighted by Crippen LogP contribution is -2.48. The van der Waals surface area contributed by atoms with E-state index in [2.05, 4.69) is 0 Å². The molecular weight excluding hydrogens is 268 g/mol. The van der Waals surface area contributed by atoms with Gasteiger partial charge in [0.25, 0.3) is 0 Å². The molecule has 7 heteroatoms. The van der Waals surface area contributed by atoms with E-state index in [1.54, 1.807) is 18.2 Å². The molecule has 0 saturated carbocycles. The highest BCUT2D eigenvalue weighted by atomic mass is 16.6. The number of hydrogen-bond donors (Lipinski definition) is 4. The van der Waals surface area contributed by atoms with Crippen molar-refractivity contribution in [3.63, 3.8) is 0 Å². The Bertz CT molecular complexity index is 434. The van der Waals surface area contributed by atoms with E-state index in [4.69, 9.17) is 9.84 Å². The molecule has 1 aromatic carbocycles. The van der Waals surface area contributed by atoms with Crippen molar-refractivity contribution in [3.05, 3.63) is 35.9 Å². The maximum absolute atomic E-state index is 11.7. The van der Waals surface area contributed by atoms with Crippen LogP contribution in [0.25, 0.3) is 0 Å². The third-order valence-corrected chi connectivity index (χ3v) is 2.65. The highest BCUT2D eigenvalue weighted by Gasteiger charge is 2.33. The molecule has 0 aliphatic heterocycles. The molecule has 1 rings (SSSR count). The van der Waals surface area contributed by atoms with Crippen LogP contribution in [0.15, 0.2) is 30.3 Å². The molecule has 0 aliphatic carbocycles. The van der Waals surface area contributed by atoms with Crippen LogP contribution < -0.4 is 0 Å². The Kier molecular flexibility index (Phi) is 6.26. The van der Waals surface area contributed by atoms with E-state index in [-0.39, 0.29) is 11.8 Å². The molecule has 0 bridgehead atoms. The van der Waals surface area contributed by atoms with Crippen molar-refractivity contribution in [2.24, 2.45) is 0 Å². The lowest BCUT2D eigenvalue weighted by Gasteiger charge is -2.25.